The molecule has 0 unspecified atom stereocenters. The minimum absolute atomic E-state index is 0.0154. The highest BCUT2D eigenvalue weighted by molar-refractivity contribution is 5.94. The average Bonchev–Trinajstić information content (AvgIpc) is 2.72. The highest BCUT2D eigenvalue weighted by atomic mass is 19.4. The molecule has 1 fully saturated rings. The first-order valence-corrected chi connectivity index (χ1v) is 8.95. The van der Waals surface area contributed by atoms with Gasteiger partial charge in [0.1, 0.15) is 17.6 Å². The maximum absolute atomic E-state index is 12.8. The molecule has 1 aliphatic heterocycles. The molecule has 2 aromatic rings. The number of amides is 1. The highest BCUT2D eigenvalue weighted by Gasteiger charge is 2.33. The number of alkyl halides is 3. The van der Waals surface area contributed by atoms with Crippen LogP contribution in [0.15, 0.2) is 42.5 Å². The average molecular weight is 388 g/mol. The van der Waals surface area contributed by atoms with Crippen molar-refractivity contribution in [2.24, 2.45) is 5.92 Å². The van der Waals surface area contributed by atoms with E-state index >= 15 is 0 Å². The first kappa shape index (κ1) is 19.7. The summed E-state index contributed by atoms with van der Waals surface area (Å²) in [7, 11) is 0. The minimum atomic E-state index is -4.56. The van der Waals surface area contributed by atoms with Gasteiger partial charge in [0.15, 0.2) is 0 Å². The first-order chi connectivity index (χ1) is 13.4. The van der Waals surface area contributed by atoms with E-state index in [4.69, 9.17) is 5.26 Å². The van der Waals surface area contributed by atoms with E-state index in [0.29, 0.717) is 25.2 Å². The zero-order valence-corrected chi connectivity index (χ0v) is 15.0. The molecule has 0 aliphatic carbocycles. The maximum Gasteiger partial charge on any atom is 0.433 e. The quantitative estimate of drug-likeness (QED) is 0.862. The summed E-state index contributed by atoms with van der Waals surface area (Å²) in [5.74, 6) is 0.112. The van der Waals surface area contributed by atoms with Crippen molar-refractivity contribution in [3.8, 4) is 6.07 Å². The molecule has 28 heavy (non-hydrogen) atoms. The van der Waals surface area contributed by atoms with E-state index in [1.54, 1.807) is 17.0 Å². The number of nitrogens with one attached hydrogen (secondary N) is 1. The number of carbonyl (C=O) groups is 1. The summed E-state index contributed by atoms with van der Waals surface area (Å²) in [6.07, 6.45) is -3.10. The van der Waals surface area contributed by atoms with Crippen LogP contribution in [0, 0.1) is 17.2 Å². The minimum Gasteiger partial charge on any atom is -0.369 e. The van der Waals surface area contributed by atoms with Gasteiger partial charge in [0, 0.05) is 25.2 Å². The van der Waals surface area contributed by atoms with Crippen LogP contribution in [-0.2, 0) is 6.18 Å². The predicted molar refractivity (Wildman–Crippen MR) is 97.5 cm³/mol. The monoisotopic (exact) mass is 388 g/mol. The zero-order valence-electron chi connectivity index (χ0n) is 15.0. The van der Waals surface area contributed by atoms with Gasteiger partial charge in [0.25, 0.3) is 5.91 Å². The number of benzene rings is 1. The van der Waals surface area contributed by atoms with E-state index in [2.05, 4.69) is 10.3 Å². The fourth-order valence-corrected chi connectivity index (χ4v) is 3.19. The smallest absolute Gasteiger partial charge is 0.369 e. The van der Waals surface area contributed by atoms with Crippen molar-refractivity contribution in [3.63, 3.8) is 0 Å². The first-order valence-electron chi connectivity index (χ1n) is 8.95. The number of nitrogens with zero attached hydrogens (tertiary/aromatic N) is 3. The standard InChI is InChI=1S/C20H19F3N4O/c21-20(22,23)17-7-6-16(12-24)18(26-17)25-13-14-8-10-27(11-9-14)19(28)15-4-2-1-3-5-15/h1-7,14H,8-11,13H2,(H,25,26). The fourth-order valence-electron chi connectivity index (χ4n) is 3.19. The number of pyridine rings is 1. The van der Waals surface area contributed by atoms with Gasteiger partial charge < -0.3 is 10.2 Å². The van der Waals surface area contributed by atoms with Gasteiger partial charge in [-0.2, -0.15) is 18.4 Å². The number of hydrogen-bond donors (Lipinski definition) is 1. The van der Waals surface area contributed by atoms with Gasteiger partial charge in [-0.05, 0) is 43.0 Å². The number of hydrogen-bond acceptors (Lipinski definition) is 4. The number of aromatic nitrogens is 1. The summed E-state index contributed by atoms with van der Waals surface area (Å²) >= 11 is 0. The highest BCUT2D eigenvalue weighted by Crippen LogP contribution is 2.29. The van der Waals surface area contributed by atoms with Crippen LogP contribution in [-0.4, -0.2) is 35.4 Å². The molecular formula is C20H19F3N4O. The normalized spacial score (nSPS) is 15.1. The summed E-state index contributed by atoms with van der Waals surface area (Å²) in [6, 6.07) is 12.8. The van der Waals surface area contributed by atoms with Gasteiger partial charge in [-0.15, -0.1) is 0 Å². The summed E-state index contributed by atoms with van der Waals surface area (Å²) < 4.78 is 38.5. The number of anilines is 1. The van der Waals surface area contributed by atoms with Crippen molar-refractivity contribution in [2.75, 3.05) is 25.0 Å². The van der Waals surface area contributed by atoms with E-state index in [-0.39, 0.29) is 23.2 Å². The zero-order chi connectivity index (χ0) is 20.1. The third-order valence-electron chi connectivity index (χ3n) is 4.79. The van der Waals surface area contributed by atoms with Crippen molar-refractivity contribution in [3.05, 3.63) is 59.3 Å². The molecule has 1 aliphatic rings. The van der Waals surface area contributed by atoms with Crippen LogP contribution in [0.1, 0.15) is 34.5 Å². The Bertz CT molecular complexity index is 869. The fraction of sp³-hybridized carbons (Fsp3) is 0.350. The van der Waals surface area contributed by atoms with Crippen LogP contribution in [0.3, 0.4) is 0 Å². The molecule has 3 rings (SSSR count). The van der Waals surface area contributed by atoms with E-state index in [1.165, 1.54) is 0 Å². The molecule has 1 aromatic carbocycles. The van der Waals surface area contributed by atoms with Crippen LogP contribution in [0.25, 0.3) is 0 Å². The van der Waals surface area contributed by atoms with Crippen LogP contribution >= 0.6 is 0 Å². The lowest BCUT2D eigenvalue weighted by Gasteiger charge is -2.32. The van der Waals surface area contributed by atoms with Crippen LogP contribution < -0.4 is 5.32 Å². The number of piperidine rings is 1. The second-order valence-corrected chi connectivity index (χ2v) is 6.68. The molecule has 1 aromatic heterocycles. The maximum atomic E-state index is 12.8. The summed E-state index contributed by atoms with van der Waals surface area (Å²) in [6.45, 7) is 1.57. The molecule has 0 bridgehead atoms. The molecule has 146 valence electrons. The Morgan fingerprint density at radius 2 is 1.86 bits per heavy atom. The lowest BCUT2D eigenvalue weighted by atomic mass is 9.96. The van der Waals surface area contributed by atoms with Crippen molar-refractivity contribution in [2.45, 2.75) is 19.0 Å². The molecule has 0 radical (unpaired) electrons. The molecule has 5 nitrogen and oxygen atoms in total. The van der Waals surface area contributed by atoms with E-state index < -0.39 is 11.9 Å². The molecular weight excluding hydrogens is 369 g/mol. The second kappa shape index (κ2) is 8.30. The Hall–Kier alpha value is -3.08. The topological polar surface area (TPSA) is 69.0 Å². The molecule has 1 amide bonds. The number of halogens is 3. The molecule has 2 heterocycles. The van der Waals surface area contributed by atoms with Crippen molar-refractivity contribution < 1.29 is 18.0 Å². The number of nitriles is 1. The van der Waals surface area contributed by atoms with Crippen molar-refractivity contribution >= 4 is 11.7 Å². The van der Waals surface area contributed by atoms with E-state index in [9.17, 15) is 18.0 Å². The van der Waals surface area contributed by atoms with E-state index in [1.807, 2.05) is 24.3 Å². The third-order valence-corrected chi connectivity index (χ3v) is 4.79. The Morgan fingerprint density at radius 1 is 1.18 bits per heavy atom. The largest absolute Gasteiger partial charge is 0.433 e. The predicted octanol–water partition coefficient (Wildman–Crippen LogP) is 3.94. The number of rotatable bonds is 4. The molecule has 8 heteroatoms. The van der Waals surface area contributed by atoms with Crippen LogP contribution in [0.5, 0.6) is 0 Å². The van der Waals surface area contributed by atoms with Gasteiger partial charge in [-0.1, -0.05) is 18.2 Å². The SMILES string of the molecule is N#Cc1ccc(C(F)(F)F)nc1NCC1CCN(C(=O)c2ccccc2)CC1. The van der Waals surface area contributed by atoms with Crippen LogP contribution in [0.2, 0.25) is 0 Å². The summed E-state index contributed by atoms with van der Waals surface area (Å²) in [5, 5.41) is 12.0. The lowest BCUT2D eigenvalue weighted by Crippen LogP contribution is -2.40. The molecule has 0 saturated carbocycles. The Balaban J connectivity index is 1.57. The lowest BCUT2D eigenvalue weighted by molar-refractivity contribution is -0.141. The number of likely N-dealkylation sites (tertiary alicyclic amines) is 1. The Morgan fingerprint density at radius 3 is 2.46 bits per heavy atom. The van der Waals surface area contributed by atoms with Crippen molar-refractivity contribution in [1.29, 1.82) is 5.26 Å². The summed E-state index contributed by atoms with van der Waals surface area (Å²) in [4.78, 5) is 17.8. The summed E-state index contributed by atoms with van der Waals surface area (Å²) in [5.41, 5.74) is -0.312. The van der Waals surface area contributed by atoms with Gasteiger partial charge in [-0.3, -0.25) is 4.79 Å². The molecule has 1 N–H and O–H groups in total. The Labute approximate surface area is 160 Å². The van der Waals surface area contributed by atoms with Gasteiger partial charge >= 0.3 is 6.18 Å². The second-order valence-electron chi connectivity index (χ2n) is 6.68. The van der Waals surface area contributed by atoms with Gasteiger partial charge in [0.2, 0.25) is 0 Å². The van der Waals surface area contributed by atoms with Gasteiger partial charge in [0.05, 0.1) is 5.56 Å². The molecule has 0 atom stereocenters. The molecule has 0 spiro atoms. The molecule has 1 saturated heterocycles. The number of carbonyl (C=O) groups excluding carboxylic acids is 1. The third kappa shape index (κ3) is 4.60. The van der Waals surface area contributed by atoms with Crippen molar-refractivity contribution in [1.82, 2.24) is 9.88 Å². The Kier molecular flexibility index (Phi) is 5.83. The van der Waals surface area contributed by atoms with Gasteiger partial charge in [-0.25, -0.2) is 4.98 Å². The van der Waals surface area contributed by atoms with E-state index in [0.717, 1.165) is 25.0 Å². The van der Waals surface area contributed by atoms with Crippen LogP contribution in [0.4, 0.5) is 19.0 Å².